The summed E-state index contributed by atoms with van der Waals surface area (Å²) in [6.07, 6.45) is -0.375. The molecule has 6 nitrogen and oxygen atoms in total. The summed E-state index contributed by atoms with van der Waals surface area (Å²) < 4.78 is 16.1. The monoisotopic (exact) mass is 429 g/mol. The standard InChI is InChI=1S/C26H23NO5/c1-30-25(28)22(15-18-8-4-2-5-9-18)27-26(29)31-17-19-12-13-23-21(14-19)16-24(32-23)20-10-6-3-7-11-20/h2-14,16,22H,15,17H2,1H3,(H,27,29). The zero-order valence-corrected chi connectivity index (χ0v) is 17.6. The molecule has 3 aromatic carbocycles. The molecular formula is C26H23NO5. The maximum atomic E-state index is 12.3. The minimum Gasteiger partial charge on any atom is -0.467 e. The van der Waals surface area contributed by atoms with Crippen LogP contribution in [0.5, 0.6) is 0 Å². The van der Waals surface area contributed by atoms with Gasteiger partial charge < -0.3 is 19.2 Å². The summed E-state index contributed by atoms with van der Waals surface area (Å²) in [5, 5.41) is 3.51. The molecule has 0 spiro atoms. The highest BCUT2D eigenvalue weighted by Gasteiger charge is 2.22. The summed E-state index contributed by atoms with van der Waals surface area (Å²) in [6, 6.07) is 26.0. The summed E-state index contributed by atoms with van der Waals surface area (Å²) in [7, 11) is 1.29. The van der Waals surface area contributed by atoms with Gasteiger partial charge in [0.05, 0.1) is 7.11 Å². The molecule has 1 heterocycles. The highest BCUT2D eigenvalue weighted by molar-refractivity contribution is 5.84. The van der Waals surface area contributed by atoms with E-state index in [1.54, 1.807) is 0 Å². The van der Waals surface area contributed by atoms with E-state index < -0.39 is 18.1 Å². The molecule has 162 valence electrons. The molecule has 4 rings (SSSR count). The van der Waals surface area contributed by atoms with Crippen LogP contribution in [0.1, 0.15) is 11.1 Å². The van der Waals surface area contributed by atoms with E-state index in [2.05, 4.69) is 5.32 Å². The Labute approximate surface area is 185 Å². The van der Waals surface area contributed by atoms with Crippen LogP contribution in [0.3, 0.4) is 0 Å². The van der Waals surface area contributed by atoms with Gasteiger partial charge in [-0.1, -0.05) is 66.7 Å². The van der Waals surface area contributed by atoms with Gasteiger partial charge in [0.25, 0.3) is 0 Å². The number of alkyl carbamates (subject to hydrolysis) is 1. The van der Waals surface area contributed by atoms with Gasteiger partial charge in [0.15, 0.2) is 0 Å². The van der Waals surface area contributed by atoms with Crippen LogP contribution < -0.4 is 5.32 Å². The van der Waals surface area contributed by atoms with Crippen LogP contribution in [0.25, 0.3) is 22.3 Å². The molecule has 0 fully saturated rings. The molecule has 6 heteroatoms. The van der Waals surface area contributed by atoms with Gasteiger partial charge in [-0.05, 0) is 29.3 Å². The number of hydrogen-bond donors (Lipinski definition) is 1. The highest BCUT2D eigenvalue weighted by atomic mass is 16.6. The number of carbonyl (C=O) groups is 2. The zero-order chi connectivity index (χ0) is 22.3. The summed E-state index contributed by atoms with van der Waals surface area (Å²) in [6.45, 7) is 0.0624. The maximum Gasteiger partial charge on any atom is 0.408 e. The molecule has 32 heavy (non-hydrogen) atoms. The van der Waals surface area contributed by atoms with Gasteiger partial charge in [-0.15, -0.1) is 0 Å². The van der Waals surface area contributed by atoms with Gasteiger partial charge in [0, 0.05) is 17.4 Å². The fraction of sp³-hybridized carbons (Fsp3) is 0.154. The molecule has 4 aromatic rings. The van der Waals surface area contributed by atoms with Crippen molar-refractivity contribution in [2.75, 3.05) is 7.11 Å². The maximum absolute atomic E-state index is 12.3. The van der Waals surface area contributed by atoms with Crippen LogP contribution in [-0.2, 0) is 27.3 Å². The van der Waals surface area contributed by atoms with E-state index in [1.807, 2.05) is 84.9 Å². The fourth-order valence-corrected chi connectivity index (χ4v) is 3.45. The molecule has 0 aliphatic carbocycles. The first-order chi connectivity index (χ1) is 15.6. The molecule has 0 bridgehead atoms. The topological polar surface area (TPSA) is 77.8 Å². The van der Waals surface area contributed by atoms with Gasteiger partial charge in [0.2, 0.25) is 0 Å². The second kappa shape index (κ2) is 9.83. The third-order valence-electron chi connectivity index (χ3n) is 5.07. The number of methoxy groups -OCH3 is 1. The normalized spacial score (nSPS) is 11.7. The van der Waals surface area contributed by atoms with Crippen LogP contribution >= 0.6 is 0 Å². The molecule has 0 aliphatic heterocycles. The molecule has 1 atom stereocenters. The van der Waals surface area contributed by atoms with Crippen molar-refractivity contribution < 1.29 is 23.5 Å². The molecule has 0 radical (unpaired) electrons. The number of furan rings is 1. The minimum absolute atomic E-state index is 0.0624. The van der Waals surface area contributed by atoms with Crippen LogP contribution in [0.4, 0.5) is 4.79 Å². The van der Waals surface area contributed by atoms with Crippen LogP contribution in [0.2, 0.25) is 0 Å². The number of hydrogen-bond acceptors (Lipinski definition) is 5. The molecule has 1 aromatic heterocycles. The van der Waals surface area contributed by atoms with Crippen molar-refractivity contribution in [1.29, 1.82) is 0 Å². The SMILES string of the molecule is COC(=O)C(Cc1ccccc1)NC(=O)OCc1ccc2oc(-c3ccccc3)cc2c1. The van der Waals surface area contributed by atoms with E-state index in [9.17, 15) is 9.59 Å². The van der Waals surface area contributed by atoms with Gasteiger partial charge in [0.1, 0.15) is 24.0 Å². The number of ether oxygens (including phenoxy) is 2. The van der Waals surface area contributed by atoms with E-state index in [1.165, 1.54) is 7.11 Å². The van der Waals surface area contributed by atoms with Crippen LogP contribution in [0, 0.1) is 0 Å². The third-order valence-corrected chi connectivity index (χ3v) is 5.07. The first kappa shape index (κ1) is 21.2. The van der Waals surface area contributed by atoms with Gasteiger partial charge in [-0.25, -0.2) is 9.59 Å². The lowest BCUT2D eigenvalue weighted by atomic mass is 10.1. The molecule has 1 amide bonds. The lowest BCUT2D eigenvalue weighted by molar-refractivity contribution is -0.143. The Morgan fingerprint density at radius 3 is 2.34 bits per heavy atom. The smallest absolute Gasteiger partial charge is 0.408 e. The van der Waals surface area contributed by atoms with Gasteiger partial charge >= 0.3 is 12.1 Å². The van der Waals surface area contributed by atoms with Gasteiger partial charge in [-0.3, -0.25) is 0 Å². The van der Waals surface area contributed by atoms with Crippen molar-refractivity contribution in [3.8, 4) is 11.3 Å². The minimum atomic E-state index is -0.834. The number of esters is 1. The quantitative estimate of drug-likeness (QED) is 0.413. The fourth-order valence-electron chi connectivity index (χ4n) is 3.45. The van der Waals surface area contributed by atoms with Crippen LogP contribution in [0.15, 0.2) is 89.3 Å². The molecule has 0 saturated carbocycles. The number of rotatable bonds is 7. The van der Waals surface area contributed by atoms with E-state index >= 15 is 0 Å². The van der Waals surface area contributed by atoms with Crippen molar-refractivity contribution in [1.82, 2.24) is 5.32 Å². The predicted molar refractivity (Wildman–Crippen MR) is 121 cm³/mol. The Morgan fingerprint density at radius 1 is 0.906 bits per heavy atom. The van der Waals surface area contributed by atoms with E-state index in [0.717, 1.165) is 33.4 Å². The molecule has 1 N–H and O–H groups in total. The van der Waals surface area contributed by atoms with Crippen molar-refractivity contribution in [3.05, 3.63) is 96.1 Å². The van der Waals surface area contributed by atoms with Crippen molar-refractivity contribution >= 4 is 23.0 Å². The molecule has 0 aliphatic rings. The summed E-state index contributed by atoms with van der Waals surface area (Å²) in [5.41, 5.74) is 3.47. The number of fused-ring (bicyclic) bond motifs is 1. The molecular weight excluding hydrogens is 406 g/mol. The van der Waals surface area contributed by atoms with Crippen molar-refractivity contribution in [2.45, 2.75) is 19.1 Å². The summed E-state index contributed by atoms with van der Waals surface area (Å²) in [5.74, 6) is 0.248. The largest absolute Gasteiger partial charge is 0.467 e. The average Bonchev–Trinajstić information content (AvgIpc) is 3.26. The lowest BCUT2D eigenvalue weighted by Gasteiger charge is -2.16. The van der Waals surface area contributed by atoms with E-state index in [4.69, 9.17) is 13.9 Å². The third kappa shape index (κ3) is 5.16. The number of amides is 1. The Balaban J connectivity index is 1.39. The second-order valence-corrected chi connectivity index (χ2v) is 7.33. The Morgan fingerprint density at radius 2 is 1.62 bits per heavy atom. The Hall–Kier alpha value is -4.06. The first-order valence-electron chi connectivity index (χ1n) is 10.3. The number of benzene rings is 3. The summed E-state index contributed by atoms with van der Waals surface area (Å²) >= 11 is 0. The van der Waals surface area contributed by atoms with Gasteiger partial charge in [-0.2, -0.15) is 0 Å². The van der Waals surface area contributed by atoms with E-state index in [-0.39, 0.29) is 6.61 Å². The Bertz CT molecular complexity index is 1200. The molecule has 1 unspecified atom stereocenters. The Kier molecular flexibility index (Phi) is 6.51. The summed E-state index contributed by atoms with van der Waals surface area (Å²) in [4.78, 5) is 24.4. The lowest BCUT2D eigenvalue weighted by Crippen LogP contribution is -2.43. The zero-order valence-electron chi connectivity index (χ0n) is 17.6. The molecule has 0 saturated heterocycles. The van der Waals surface area contributed by atoms with Crippen molar-refractivity contribution in [3.63, 3.8) is 0 Å². The highest BCUT2D eigenvalue weighted by Crippen LogP contribution is 2.28. The predicted octanol–water partition coefficient (Wildman–Crippen LogP) is 5.11. The van der Waals surface area contributed by atoms with E-state index in [0.29, 0.717) is 6.42 Å². The number of nitrogens with one attached hydrogen (secondary N) is 1. The number of carbonyl (C=O) groups excluding carboxylic acids is 2. The van der Waals surface area contributed by atoms with Crippen molar-refractivity contribution in [2.24, 2.45) is 0 Å². The second-order valence-electron chi connectivity index (χ2n) is 7.33. The average molecular weight is 429 g/mol. The first-order valence-corrected chi connectivity index (χ1v) is 10.3. The van der Waals surface area contributed by atoms with Crippen LogP contribution in [-0.4, -0.2) is 25.2 Å².